The summed E-state index contributed by atoms with van der Waals surface area (Å²) in [5, 5.41) is 13.1. The SMILES string of the molecule is O=C1CCC(N2Cc3ccc(COC(=O)Nc4ccc(N5CCCCC5)nn4)cc3C2=O)C(=O)N1. The number of hydrogen-bond donors (Lipinski definition) is 2. The number of piperidine rings is 2. The van der Waals surface area contributed by atoms with Crippen LogP contribution in [0.4, 0.5) is 16.4 Å². The number of nitrogens with zero attached hydrogens (tertiary/aromatic N) is 4. The van der Waals surface area contributed by atoms with Gasteiger partial charge in [0, 0.05) is 31.6 Å². The molecule has 1 unspecified atom stereocenters. The Kier molecular flexibility index (Phi) is 6.30. The summed E-state index contributed by atoms with van der Waals surface area (Å²) in [7, 11) is 0. The molecule has 2 N–H and O–H groups in total. The van der Waals surface area contributed by atoms with Crippen LogP contribution in [-0.4, -0.2) is 58.0 Å². The summed E-state index contributed by atoms with van der Waals surface area (Å²) in [6, 6.07) is 8.09. The van der Waals surface area contributed by atoms with Gasteiger partial charge in [-0.25, -0.2) is 4.79 Å². The van der Waals surface area contributed by atoms with Crippen LogP contribution in [0.1, 0.15) is 53.6 Å². The van der Waals surface area contributed by atoms with Crippen LogP contribution in [0.2, 0.25) is 0 Å². The predicted octanol–water partition coefficient (Wildman–Crippen LogP) is 1.98. The van der Waals surface area contributed by atoms with E-state index in [4.69, 9.17) is 4.74 Å². The molecule has 0 aliphatic carbocycles. The first kappa shape index (κ1) is 22.8. The molecule has 35 heavy (non-hydrogen) atoms. The molecule has 0 saturated carbocycles. The Morgan fingerprint density at radius 3 is 2.66 bits per heavy atom. The molecule has 11 heteroatoms. The molecular formula is C24H26N6O5. The van der Waals surface area contributed by atoms with E-state index in [2.05, 4.69) is 25.7 Å². The second kappa shape index (κ2) is 9.69. The number of hydrogen-bond acceptors (Lipinski definition) is 8. The molecule has 1 aromatic heterocycles. The van der Waals surface area contributed by atoms with Gasteiger partial charge in [0.1, 0.15) is 12.6 Å². The first-order chi connectivity index (χ1) is 17.0. The minimum Gasteiger partial charge on any atom is -0.444 e. The fourth-order valence-corrected chi connectivity index (χ4v) is 4.66. The van der Waals surface area contributed by atoms with Crippen LogP contribution in [0.5, 0.6) is 0 Å². The lowest BCUT2D eigenvalue weighted by Crippen LogP contribution is -2.52. The van der Waals surface area contributed by atoms with Gasteiger partial charge in [0.25, 0.3) is 5.91 Å². The number of imide groups is 1. The van der Waals surface area contributed by atoms with Gasteiger partial charge in [-0.15, -0.1) is 10.2 Å². The summed E-state index contributed by atoms with van der Waals surface area (Å²) in [6.45, 7) is 2.17. The van der Waals surface area contributed by atoms with E-state index < -0.39 is 18.0 Å². The van der Waals surface area contributed by atoms with E-state index in [0.29, 0.717) is 29.9 Å². The maximum atomic E-state index is 12.9. The molecular weight excluding hydrogens is 452 g/mol. The minimum atomic E-state index is -0.679. The molecule has 3 aliphatic heterocycles. The van der Waals surface area contributed by atoms with Gasteiger partial charge in [-0.1, -0.05) is 12.1 Å². The van der Waals surface area contributed by atoms with Crippen molar-refractivity contribution in [1.29, 1.82) is 0 Å². The van der Waals surface area contributed by atoms with Crippen molar-refractivity contribution < 1.29 is 23.9 Å². The third-order valence-corrected chi connectivity index (χ3v) is 6.52. The second-order valence-corrected chi connectivity index (χ2v) is 8.92. The molecule has 0 spiro atoms. The van der Waals surface area contributed by atoms with E-state index in [9.17, 15) is 19.2 Å². The van der Waals surface area contributed by atoms with E-state index in [-0.39, 0.29) is 24.8 Å². The van der Waals surface area contributed by atoms with Crippen LogP contribution in [0, 0.1) is 0 Å². The molecule has 1 aromatic carbocycles. The average Bonchev–Trinajstić information content (AvgIpc) is 3.19. The minimum absolute atomic E-state index is 0.0376. The highest BCUT2D eigenvalue weighted by molar-refractivity contribution is 6.05. The number of rotatable bonds is 5. The predicted molar refractivity (Wildman–Crippen MR) is 124 cm³/mol. The molecule has 4 amide bonds. The van der Waals surface area contributed by atoms with Gasteiger partial charge < -0.3 is 14.5 Å². The molecule has 5 rings (SSSR count). The number of carbonyl (C=O) groups excluding carboxylic acids is 4. The van der Waals surface area contributed by atoms with E-state index in [0.717, 1.165) is 37.3 Å². The van der Waals surface area contributed by atoms with Crippen molar-refractivity contribution in [1.82, 2.24) is 20.4 Å². The molecule has 1 atom stereocenters. The Bertz CT molecular complexity index is 1160. The van der Waals surface area contributed by atoms with E-state index >= 15 is 0 Å². The lowest BCUT2D eigenvalue weighted by atomic mass is 10.0. The van der Waals surface area contributed by atoms with Crippen LogP contribution in [-0.2, 0) is 27.5 Å². The number of anilines is 2. The fourth-order valence-electron chi connectivity index (χ4n) is 4.66. The normalized spacial score (nSPS) is 19.9. The zero-order valence-corrected chi connectivity index (χ0v) is 19.2. The topological polar surface area (TPSA) is 134 Å². The number of ether oxygens (including phenoxy) is 1. The molecule has 4 heterocycles. The molecule has 2 aromatic rings. The lowest BCUT2D eigenvalue weighted by molar-refractivity contribution is -0.136. The third kappa shape index (κ3) is 4.93. The van der Waals surface area contributed by atoms with Crippen LogP contribution < -0.4 is 15.5 Å². The summed E-state index contributed by atoms with van der Waals surface area (Å²) < 4.78 is 5.29. The number of benzene rings is 1. The van der Waals surface area contributed by atoms with Gasteiger partial charge in [-0.3, -0.25) is 25.0 Å². The first-order valence-electron chi connectivity index (χ1n) is 11.8. The van der Waals surface area contributed by atoms with Crippen molar-refractivity contribution in [2.24, 2.45) is 0 Å². The molecule has 2 fully saturated rings. The van der Waals surface area contributed by atoms with Crippen LogP contribution in [0.15, 0.2) is 30.3 Å². The van der Waals surface area contributed by atoms with Gasteiger partial charge >= 0.3 is 6.09 Å². The Balaban J connectivity index is 1.15. The Morgan fingerprint density at radius 2 is 1.91 bits per heavy atom. The Hall–Kier alpha value is -4.02. The second-order valence-electron chi connectivity index (χ2n) is 8.92. The Labute approximate surface area is 201 Å². The third-order valence-electron chi connectivity index (χ3n) is 6.52. The van der Waals surface area contributed by atoms with Crippen molar-refractivity contribution in [3.8, 4) is 0 Å². The van der Waals surface area contributed by atoms with Crippen molar-refractivity contribution in [2.75, 3.05) is 23.3 Å². The lowest BCUT2D eigenvalue weighted by Gasteiger charge is -2.29. The number of nitrogens with one attached hydrogen (secondary N) is 2. The van der Waals surface area contributed by atoms with Crippen LogP contribution in [0.3, 0.4) is 0 Å². The fraction of sp³-hybridized carbons (Fsp3) is 0.417. The standard InChI is InChI=1S/C24H26N6O5/c31-21-9-6-18(22(32)26-21)30-13-16-5-4-15(12-17(16)23(30)33)14-35-24(34)25-19-7-8-20(28-27-19)29-10-2-1-3-11-29/h4-5,7-8,12,18H,1-3,6,9-11,13-14H2,(H,25,27,34)(H,26,31,32). The zero-order chi connectivity index (χ0) is 24.4. The van der Waals surface area contributed by atoms with E-state index in [1.54, 1.807) is 24.3 Å². The smallest absolute Gasteiger partial charge is 0.413 e. The highest BCUT2D eigenvalue weighted by atomic mass is 16.5. The summed E-state index contributed by atoms with van der Waals surface area (Å²) >= 11 is 0. The van der Waals surface area contributed by atoms with Crippen LogP contribution in [0.25, 0.3) is 0 Å². The monoisotopic (exact) mass is 478 g/mol. The van der Waals surface area contributed by atoms with E-state index in [1.807, 2.05) is 6.07 Å². The highest BCUT2D eigenvalue weighted by Crippen LogP contribution is 2.28. The molecule has 3 aliphatic rings. The summed E-state index contributed by atoms with van der Waals surface area (Å²) in [5.41, 5.74) is 1.90. The zero-order valence-electron chi connectivity index (χ0n) is 19.2. The van der Waals surface area contributed by atoms with Crippen LogP contribution >= 0.6 is 0 Å². The molecule has 0 radical (unpaired) electrons. The number of amides is 4. The summed E-state index contributed by atoms with van der Waals surface area (Å²) in [6.07, 6.45) is 3.33. The van der Waals surface area contributed by atoms with Gasteiger partial charge in [0.2, 0.25) is 11.8 Å². The van der Waals surface area contributed by atoms with Crippen molar-refractivity contribution in [2.45, 2.75) is 51.3 Å². The van der Waals surface area contributed by atoms with Crippen molar-refractivity contribution in [3.63, 3.8) is 0 Å². The summed E-state index contributed by atoms with van der Waals surface area (Å²) in [5.74, 6) is 0.0363. The Morgan fingerprint density at radius 1 is 1.09 bits per heavy atom. The molecule has 2 saturated heterocycles. The van der Waals surface area contributed by atoms with E-state index in [1.165, 1.54) is 11.3 Å². The highest BCUT2D eigenvalue weighted by Gasteiger charge is 2.39. The maximum absolute atomic E-state index is 12.9. The van der Waals surface area contributed by atoms with Crippen molar-refractivity contribution in [3.05, 3.63) is 47.0 Å². The van der Waals surface area contributed by atoms with Gasteiger partial charge in [0.05, 0.1) is 0 Å². The maximum Gasteiger partial charge on any atom is 0.413 e. The van der Waals surface area contributed by atoms with Crippen molar-refractivity contribution >= 4 is 35.5 Å². The first-order valence-corrected chi connectivity index (χ1v) is 11.8. The summed E-state index contributed by atoms with van der Waals surface area (Å²) in [4.78, 5) is 52.4. The molecule has 182 valence electrons. The van der Waals surface area contributed by atoms with Gasteiger partial charge in [-0.2, -0.15) is 0 Å². The number of carbonyl (C=O) groups is 4. The molecule has 11 nitrogen and oxygen atoms in total. The number of aromatic nitrogens is 2. The average molecular weight is 479 g/mol. The molecule has 0 bridgehead atoms. The largest absolute Gasteiger partial charge is 0.444 e. The van der Waals surface area contributed by atoms with Gasteiger partial charge in [0.15, 0.2) is 11.6 Å². The number of fused-ring (bicyclic) bond motifs is 1. The van der Waals surface area contributed by atoms with Gasteiger partial charge in [-0.05, 0) is 55.0 Å². The quantitative estimate of drug-likeness (QED) is 0.623.